The Morgan fingerprint density at radius 1 is 1.00 bits per heavy atom. The predicted molar refractivity (Wildman–Crippen MR) is 127 cm³/mol. The first-order valence-corrected chi connectivity index (χ1v) is 10.9. The van der Waals surface area contributed by atoms with E-state index in [1.807, 2.05) is 42.2 Å². The zero-order chi connectivity index (χ0) is 23.2. The van der Waals surface area contributed by atoms with Crippen LogP contribution in [0.2, 0.25) is 0 Å². The number of nitrogens with two attached hydrogens (primary N) is 1. The minimum absolute atomic E-state index is 0.151. The molecular formula is C27H27FN4O. The molecule has 0 saturated carbocycles. The van der Waals surface area contributed by atoms with E-state index in [4.69, 9.17) is 5.73 Å². The lowest BCUT2D eigenvalue weighted by Gasteiger charge is -2.09. The fourth-order valence-corrected chi connectivity index (χ4v) is 3.71. The zero-order valence-corrected chi connectivity index (χ0v) is 18.6. The Bertz CT molecular complexity index is 1250. The number of carbonyl (C=O) groups excluding carboxylic acids is 1. The summed E-state index contributed by atoms with van der Waals surface area (Å²) in [5, 5.41) is 7.19. The van der Waals surface area contributed by atoms with E-state index >= 15 is 0 Å². The van der Waals surface area contributed by atoms with Gasteiger partial charge in [-0.2, -0.15) is 5.10 Å². The van der Waals surface area contributed by atoms with E-state index in [9.17, 15) is 9.18 Å². The number of aromatic nitrogens is 2. The Labute approximate surface area is 193 Å². The summed E-state index contributed by atoms with van der Waals surface area (Å²) in [5.41, 5.74) is 11.8. The molecule has 33 heavy (non-hydrogen) atoms. The second-order valence-corrected chi connectivity index (χ2v) is 8.22. The number of aryl methyl sites for hydroxylation is 1. The monoisotopic (exact) mass is 442 g/mol. The van der Waals surface area contributed by atoms with Gasteiger partial charge in [0, 0.05) is 30.4 Å². The van der Waals surface area contributed by atoms with Gasteiger partial charge in [-0.1, -0.05) is 48.5 Å². The van der Waals surface area contributed by atoms with Gasteiger partial charge in [0.2, 0.25) is 0 Å². The van der Waals surface area contributed by atoms with E-state index in [2.05, 4.69) is 34.7 Å². The molecule has 1 amide bonds. The normalized spacial score (nSPS) is 10.9. The first kappa shape index (κ1) is 22.4. The summed E-state index contributed by atoms with van der Waals surface area (Å²) in [6, 6.07) is 20.9. The van der Waals surface area contributed by atoms with Gasteiger partial charge in [0.25, 0.3) is 5.91 Å². The summed E-state index contributed by atoms with van der Waals surface area (Å²) in [4.78, 5) is 12.6. The molecule has 0 aliphatic rings. The highest BCUT2D eigenvalue weighted by atomic mass is 19.1. The minimum Gasteiger partial charge on any atom is -0.348 e. The van der Waals surface area contributed by atoms with Crippen LogP contribution in [0.5, 0.6) is 0 Å². The lowest BCUT2D eigenvalue weighted by molar-refractivity contribution is 0.0950. The van der Waals surface area contributed by atoms with Crippen LogP contribution < -0.4 is 11.1 Å². The van der Waals surface area contributed by atoms with Gasteiger partial charge in [0.05, 0.1) is 12.7 Å². The lowest BCUT2D eigenvalue weighted by atomic mass is 10.0. The highest BCUT2D eigenvalue weighted by Gasteiger charge is 2.08. The number of nitrogens with one attached hydrogen (secondary N) is 1. The number of halogens is 1. The molecule has 5 nitrogen and oxygen atoms in total. The quantitative estimate of drug-likeness (QED) is 0.426. The third-order valence-corrected chi connectivity index (χ3v) is 5.52. The largest absolute Gasteiger partial charge is 0.348 e. The predicted octanol–water partition coefficient (Wildman–Crippen LogP) is 4.36. The van der Waals surface area contributed by atoms with E-state index in [1.54, 1.807) is 18.2 Å². The summed E-state index contributed by atoms with van der Waals surface area (Å²) in [6.07, 6.45) is 4.61. The van der Waals surface area contributed by atoms with Gasteiger partial charge >= 0.3 is 0 Å². The van der Waals surface area contributed by atoms with Crippen molar-refractivity contribution in [3.05, 3.63) is 124 Å². The molecule has 1 aromatic heterocycles. The number of rotatable bonds is 8. The topological polar surface area (TPSA) is 72.9 Å². The first-order chi connectivity index (χ1) is 16.0. The molecule has 4 rings (SSSR count). The number of amides is 1. The maximum Gasteiger partial charge on any atom is 0.251 e. The summed E-state index contributed by atoms with van der Waals surface area (Å²) < 4.78 is 15.8. The molecule has 0 aliphatic heterocycles. The SMILES string of the molecule is Cc1cnn(Cc2ccc(Cc3cccc(C(=O)NCc4ccc(CN)c(F)c4)c3)cc2)c1. The number of nitrogens with zero attached hydrogens (tertiary/aromatic N) is 2. The highest BCUT2D eigenvalue weighted by molar-refractivity contribution is 5.94. The fourth-order valence-electron chi connectivity index (χ4n) is 3.71. The lowest BCUT2D eigenvalue weighted by Crippen LogP contribution is -2.23. The molecule has 6 heteroatoms. The summed E-state index contributed by atoms with van der Waals surface area (Å²) >= 11 is 0. The number of benzene rings is 3. The molecule has 0 atom stereocenters. The van der Waals surface area contributed by atoms with Crippen LogP contribution in [0, 0.1) is 12.7 Å². The highest BCUT2D eigenvalue weighted by Crippen LogP contribution is 2.14. The maximum atomic E-state index is 13.9. The van der Waals surface area contributed by atoms with Crippen LogP contribution in [-0.2, 0) is 26.1 Å². The molecule has 0 bridgehead atoms. The number of hydrogen-bond donors (Lipinski definition) is 2. The van der Waals surface area contributed by atoms with Crippen LogP contribution in [0.3, 0.4) is 0 Å². The average Bonchev–Trinajstić information content (AvgIpc) is 3.23. The van der Waals surface area contributed by atoms with Crippen LogP contribution in [-0.4, -0.2) is 15.7 Å². The third kappa shape index (κ3) is 5.93. The molecule has 0 aliphatic carbocycles. The van der Waals surface area contributed by atoms with E-state index in [-0.39, 0.29) is 24.8 Å². The van der Waals surface area contributed by atoms with Gasteiger partial charge in [-0.3, -0.25) is 9.48 Å². The molecule has 0 saturated heterocycles. The molecule has 3 aromatic carbocycles. The molecule has 0 spiro atoms. The van der Waals surface area contributed by atoms with Gasteiger partial charge in [0.1, 0.15) is 5.82 Å². The van der Waals surface area contributed by atoms with Crippen molar-refractivity contribution in [3.63, 3.8) is 0 Å². The molecule has 0 unspecified atom stereocenters. The first-order valence-electron chi connectivity index (χ1n) is 10.9. The number of hydrogen-bond acceptors (Lipinski definition) is 3. The van der Waals surface area contributed by atoms with Gasteiger partial charge in [-0.05, 0) is 59.4 Å². The Balaban J connectivity index is 1.36. The average molecular weight is 443 g/mol. The number of carbonyl (C=O) groups is 1. The molecular weight excluding hydrogens is 415 g/mol. The Morgan fingerprint density at radius 2 is 1.76 bits per heavy atom. The smallest absolute Gasteiger partial charge is 0.251 e. The van der Waals surface area contributed by atoms with Crippen molar-refractivity contribution in [1.29, 1.82) is 0 Å². The van der Waals surface area contributed by atoms with E-state index in [1.165, 1.54) is 17.2 Å². The second-order valence-electron chi connectivity index (χ2n) is 8.22. The van der Waals surface area contributed by atoms with Crippen LogP contribution in [0.1, 0.15) is 43.7 Å². The minimum atomic E-state index is -0.350. The Hall–Kier alpha value is -3.77. The van der Waals surface area contributed by atoms with Crippen molar-refractivity contribution >= 4 is 5.91 Å². The van der Waals surface area contributed by atoms with Gasteiger partial charge < -0.3 is 11.1 Å². The van der Waals surface area contributed by atoms with Crippen LogP contribution in [0.4, 0.5) is 4.39 Å². The van der Waals surface area contributed by atoms with Gasteiger partial charge in [-0.25, -0.2) is 4.39 Å². The van der Waals surface area contributed by atoms with E-state index < -0.39 is 0 Å². The van der Waals surface area contributed by atoms with Crippen molar-refractivity contribution in [2.75, 3.05) is 0 Å². The van der Waals surface area contributed by atoms with Crippen LogP contribution >= 0.6 is 0 Å². The molecule has 1 heterocycles. The molecule has 0 radical (unpaired) electrons. The van der Waals surface area contributed by atoms with Crippen LogP contribution in [0.15, 0.2) is 79.1 Å². The second kappa shape index (κ2) is 10.2. The zero-order valence-electron chi connectivity index (χ0n) is 18.6. The van der Waals surface area contributed by atoms with Crippen molar-refractivity contribution in [2.24, 2.45) is 5.73 Å². The van der Waals surface area contributed by atoms with Crippen molar-refractivity contribution in [3.8, 4) is 0 Å². The molecule has 0 fully saturated rings. The third-order valence-electron chi connectivity index (χ3n) is 5.52. The standard InChI is InChI=1S/C27H27FN4O/c1-19-15-31-32(17-19)18-21-7-5-20(6-8-21)11-22-3-2-4-24(12-22)27(33)30-16-23-9-10-25(14-29)26(28)13-23/h2-10,12-13,15,17H,11,14,16,18,29H2,1H3,(H,30,33). The maximum absolute atomic E-state index is 13.9. The van der Waals surface area contributed by atoms with Crippen LogP contribution in [0.25, 0.3) is 0 Å². The van der Waals surface area contributed by atoms with Crippen molar-refractivity contribution in [1.82, 2.24) is 15.1 Å². The molecule has 3 N–H and O–H groups in total. The van der Waals surface area contributed by atoms with E-state index in [0.29, 0.717) is 16.7 Å². The molecule has 4 aromatic rings. The summed E-state index contributed by atoms with van der Waals surface area (Å²) in [5.74, 6) is -0.540. The Kier molecular flexibility index (Phi) is 6.95. The van der Waals surface area contributed by atoms with Crippen molar-refractivity contribution < 1.29 is 9.18 Å². The van der Waals surface area contributed by atoms with E-state index in [0.717, 1.165) is 24.1 Å². The van der Waals surface area contributed by atoms with Gasteiger partial charge in [0.15, 0.2) is 0 Å². The van der Waals surface area contributed by atoms with Gasteiger partial charge in [-0.15, -0.1) is 0 Å². The molecule has 168 valence electrons. The summed E-state index contributed by atoms with van der Waals surface area (Å²) in [6.45, 7) is 3.17. The Morgan fingerprint density at radius 3 is 2.45 bits per heavy atom. The summed E-state index contributed by atoms with van der Waals surface area (Å²) in [7, 11) is 0. The fraction of sp³-hybridized carbons (Fsp3) is 0.185. The van der Waals surface area contributed by atoms with Crippen molar-refractivity contribution in [2.45, 2.75) is 33.0 Å².